The lowest BCUT2D eigenvalue weighted by molar-refractivity contribution is 0.112. The van der Waals surface area contributed by atoms with Crippen LogP contribution in [0.3, 0.4) is 0 Å². The largest absolute Gasteiger partial charge is 0.347 e. The summed E-state index contributed by atoms with van der Waals surface area (Å²) in [4.78, 5) is 10.6. The van der Waals surface area contributed by atoms with Gasteiger partial charge in [-0.2, -0.15) is 0 Å². The number of aldehydes is 1. The maximum Gasteiger partial charge on any atom is 0.150 e. The van der Waals surface area contributed by atoms with Crippen molar-refractivity contribution in [3.8, 4) is 0 Å². The fraction of sp³-hybridized carbons (Fsp3) is 0.250. The number of nitrogens with zero attached hydrogens (tertiary/aromatic N) is 1. The van der Waals surface area contributed by atoms with Crippen molar-refractivity contribution in [2.24, 2.45) is 0 Å². The summed E-state index contributed by atoms with van der Waals surface area (Å²) in [5, 5.41) is 1.23. The second kappa shape index (κ2) is 3.29. The van der Waals surface area contributed by atoms with Crippen molar-refractivity contribution in [3.05, 3.63) is 35.5 Å². The van der Waals surface area contributed by atoms with E-state index in [0.717, 1.165) is 23.9 Å². The van der Waals surface area contributed by atoms with Crippen molar-refractivity contribution >= 4 is 17.2 Å². The molecule has 0 saturated heterocycles. The molecular weight excluding hydrogens is 174 g/mol. The number of hydrogen-bond donors (Lipinski definition) is 0. The predicted octanol–water partition coefficient (Wildman–Crippen LogP) is 2.78. The number of fused-ring (bicyclic) bond motifs is 1. The maximum atomic E-state index is 10.6. The van der Waals surface area contributed by atoms with E-state index in [2.05, 4.69) is 24.6 Å². The molecule has 0 aliphatic rings. The molecule has 0 spiro atoms. The zero-order valence-electron chi connectivity index (χ0n) is 8.45. The third kappa shape index (κ3) is 1.23. The number of aryl methyl sites for hydroxylation is 2. The molecule has 2 nitrogen and oxygen atoms in total. The molecule has 0 bridgehead atoms. The Morgan fingerprint density at radius 2 is 2.21 bits per heavy atom. The van der Waals surface area contributed by atoms with Crippen molar-refractivity contribution < 1.29 is 4.79 Å². The van der Waals surface area contributed by atoms with Crippen LogP contribution in [0, 0.1) is 6.92 Å². The normalized spacial score (nSPS) is 10.7. The highest BCUT2D eigenvalue weighted by Crippen LogP contribution is 2.21. The molecule has 0 aliphatic carbocycles. The molecule has 72 valence electrons. The van der Waals surface area contributed by atoms with Crippen LogP contribution < -0.4 is 0 Å². The number of hydrogen-bond acceptors (Lipinski definition) is 1. The van der Waals surface area contributed by atoms with Gasteiger partial charge in [0.25, 0.3) is 0 Å². The maximum absolute atomic E-state index is 10.6. The van der Waals surface area contributed by atoms with Gasteiger partial charge in [0, 0.05) is 29.2 Å². The minimum Gasteiger partial charge on any atom is -0.347 e. The molecule has 2 rings (SSSR count). The predicted molar refractivity (Wildman–Crippen MR) is 57.7 cm³/mol. The number of rotatable bonds is 2. The third-order valence-electron chi connectivity index (χ3n) is 2.58. The molecule has 0 amide bonds. The summed E-state index contributed by atoms with van der Waals surface area (Å²) < 4.78 is 2.16. The van der Waals surface area contributed by atoms with Crippen LogP contribution in [0.15, 0.2) is 24.4 Å². The molecule has 14 heavy (non-hydrogen) atoms. The number of carbonyl (C=O) groups excluding carboxylic acids is 1. The molecular formula is C12H13NO. The first kappa shape index (κ1) is 9.00. The molecule has 2 aromatic rings. The number of benzene rings is 1. The molecule has 0 saturated carbocycles. The quantitative estimate of drug-likeness (QED) is 0.662. The zero-order chi connectivity index (χ0) is 10.1. The Hall–Kier alpha value is -1.57. The Morgan fingerprint density at radius 1 is 1.43 bits per heavy atom. The lowest BCUT2D eigenvalue weighted by Crippen LogP contribution is -1.91. The van der Waals surface area contributed by atoms with Crippen LogP contribution in [0.4, 0.5) is 0 Å². The van der Waals surface area contributed by atoms with Gasteiger partial charge in [0.05, 0.1) is 0 Å². The Balaban J connectivity index is 2.77. The van der Waals surface area contributed by atoms with Crippen molar-refractivity contribution in [2.75, 3.05) is 0 Å². The smallest absolute Gasteiger partial charge is 0.150 e. The van der Waals surface area contributed by atoms with E-state index < -0.39 is 0 Å². The third-order valence-corrected chi connectivity index (χ3v) is 2.58. The van der Waals surface area contributed by atoms with Crippen LogP contribution in [0.25, 0.3) is 10.9 Å². The van der Waals surface area contributed by atoms with E-state index in [-0.39, 0.29) is 0 Å². The summed E-state index contributed by atoms with van der Waals surface area (Å²) >= 11 is 0. The van der Waals surface area contributed by atoms with E-state index in [9.17, 15) is 4.79 Å². The van der Waals surface area contributed by atoms with Gasteiger partial charge < -0.3 is 4.57 Å². The average Bonchev–Trinajstić information content (AvgIpc) is 2.55. The van der Waals surface area contributed by atoms with Crippen molar-refractivity contribution in [1.82, 2.24) is 4.57 Å². The first-order valence-electron chi connectivity index (χ1n) is 4.81. The average molecular weight is 187 g/mol. The monoisotopic (exact) mass is 187 g/mol. The molecule has 0 N–H and O–H groups in total. The van der Waals surface area contributed by atoms with E-state index in [1.807, 2.05) is 18.2 Å². The van der Waals surface area contributed by atoms with Gasteiger partial charge in [-0.05, 0) is 25.5 Å². The van der Waals surface area contributed by atoms with E-state index in [1.165, 1.54) is 10.9 Å². The van der Waals surface area contributed by atoms with Crippen LogP contribution >= 0.6 is 0 Å². The van der Waals surface area contributed by atoms with Crippen LogP contribution in [0.2, 0.25) is 0 Å². The van der Waals surface area contributed by atoms with Crippen LogP contribution in [-0.4, -0.2) is 10.9 Å². The summed E-state index contributed by atoms with van der Waals surface area (Å²) in [6.45, 7) is 5.13. The fourth-order valence-corrected chi connectivity index (χ4v) is 1.83. The number of carbonyl (C=O) groups is 1. The minimum absolute atomic E-state index is 0.741. The highest BCUT2D eigenvalue weighted by molar-refractivity contribution is 5.89. The Bertz CT molecular complexity index is 482. The van der Waals surface area contributed by atoms with E-state index in [4.69, 9.17) is 0 Å². The molecule has 0 atom stereocenters. The number of aromatic nitrogens is 1. The molecule has 2 heteroatoms. The van der Waals surface area contributed by atoms with E-state index in [0.29, 0.717) is 0 Å². The van der Waals surface area contributed by atoms with Gasteiger partial charge in [0.1, 0.15) is 6.29 Å². The molecule has 1 heterocycles. The Labute approximate surface area is 83.2 Å². The van der Waals surface area contributed by atoms with Gasteiger partial charge in [-0.3, -0.25) is 4.79 Å². The lowest BCUT2D eigenvalue weighted by atomic mass is 10.1. The van der Waals surface area contributed by atoms with Crippen molar-refractivity contribution in [2.45, 2.75) is 20.4 Å². The van der Waals surface area contributed by atoms with Gasteiger partial charge in [-0.1, -0.05) is 12.1 Å². The summed E-state index contributed by atoms with van der Waals surface area (Å²) in [6, 6.07) is 5.82. The summed E-state index contributed by atoms with van der Waals surface area (Å²) in [6.07, 6.45) is 3.01. The first-order valence-corrected chi connectivity index (χ1v) is 4.81. The molecule has 0 radical (unpaired) electrons. The standard InChI is InChI=1S/C12H13NO/c1-3-13-7-9(2)11-5-4-10(8-14)6-12(11)13/h4-8H,3H2,1-2H3. The molecule has 0 unspecified atom stereocenters. The summed E-state index contributed by atoms with van der Waals surface area (Å²) in [7, 11) is 0. The lowest BCUT2D eigenvalue weighted by Gasteiger charge is -2.00. The molecule has 0 fully saturated rings. The van der Waals surface area contributed by atoms with Gasteiger partial charge in [0.15, 0.2) is 0 Å². The van der Waals surface area contributed by atoms with Gasteiger partial charge in [0.2, 0.25) is 0 Å². The fourth-order valence-electron chi connectivity index (χ4n) is 1.83. The Morgan fingerprint density at radius 3 is 2.86 bits per heavy atom. The van der Waals surface area contributed by atoms with E-state index in [1.54, 1.807) is 0 Å². The highest BCUT2D eigenvalue weighted by Gasteiger charge is 2.04. The van der Waals surface area contributed by atoms with Crippen molar-refractivity contribution in [3.63, 3.8) is 0 Å². The first-order chi connectivity index (χ1) is 6.76. The molecule has 1 aromatic carbocycles. The highest BCUT2D eigenvalue weighted by atomic mass is 16.1. The molecule has 0 aliphatic heterocycles. The van der Waals surface area contributed by atoms with Gasteiger partial charge in [-0.15, -0.1) is 0 Å². The van der Waals surface area contributed by atoms with Crippen LogP contribution in [0.1, 0.15) is 22.8 Å². The van der Waals surface area contributed by atoms with Crippen molar-refractivity contribution in [1.29, 1.82) is 0 Å². The second-order valence-electron chi connectivity index (χ2n) is 3.49. The van der Waals surface area contributed by atoms with Gasteiger partial charge in [-0.25, -0.2) is 0 Å². The summed E-state index contributed by atoms with van der Waals surface area (Å²) in [5.74, 6) is 0. The minimum atomic E-state index is 0.741. The van der Waals surface area contributed by atoms with E-state index >= 15 is 0 Å². The second-order valence-corrected chi connectivity index (χ2v) is 3.49. The SMILES string of the molecule is CCn1cc(C)c2ccc(C=O)cc21. The Kier molecular flexibility index (Phi) is 2.12. The molecule has 1 aromatic heterocycles. The van der Waals surface area contributed by atoms with Crippen LogP contribution in [0.5, 0.6) is 0 Å². The zero-order valence-corrected chi connectivity index (χ0v) is 8.45. The van der Waals surface area contributed by atoms with Gasteiger partial charge >= 0.3 is 0 Å². The summed E-state index contributed by atoms with van der Waals surface area (Å²) in [5.41, 5.74) is 3.15. The topological polar surface area (TPSA) is 22.0 Å². The van der Waals surface area contributed by atoms with Crippen LogP contribution in [-0.2, 0) is 6.54 Å².